The predicted molar refractivity (Wildman–Crippen MR) is 126 cm³/mol. The van der Waals surface area contributed by atoms with Gasteiger partial charge in [-0.3, -0.25) is 9.59 Å². The summed E-state index contributed by atoms with van der Waals surface area (Å²) in [5.41, 5.74) is 4.11. The van der Waals surface area contributed by atoms with E-state index in [1.54, 1.807) is 24.0 Å². The van der Waals surface area contributed by atoms with Crippen molar-refractivity contribution in [2.45, 2.75) is 71.5 Å². The molecule has 1 N–H and O–H groups in total. The average Bonchev–Trinajstić information content (AvgIpc) is 3.24. The number of carbonyl (C=O) groups is 2. The van der Waals surface area contributed by atoms with Crippen molar-refractivity contribution in [2.75, 3.05) is 0 Å². The molecule has 0 bridgehead atoms. The highest BCUT2D eigenvalue weighted by molar-refractivity contribution is 6.42. The van der Waals surface area contributed by atoms with Gasteiger partial charge in [-0.1, -0.05) is 60.3 Å². The SMILES string of the molecule is Cc1ccc(CC(=O)N(Cc2ccc(Cl)c(Cl)c2)C(C)C(=O)NC2CCCC2)cc1C. The third kappa shape index (κ3) is 6.24. The summed E-state index contributed by atoms with van der Waals surface area (Å²) in [4.78, 5) is 27.9. The normalized spacial score (nSPS) is 15.0. The quantitative estimate of drug-likeness (QED) is 0.581. The number of benzene rings is 2. The number of aryl methyl sites for hydroxylation is 2. The Morgan fingerprint density at radius 2 is 1.68 bits per heavy atom. The van der Waals surface area contributed by atoms with Gasteiger partial charge in [0.2, 0.25) is 11.8 Å². The van der Waals surface area contributed by atoms with Crippen LogP contribution in [0.25, 0.3) is 0 Å². The fourth-order valence-electron chi connectivity index (χ4n) is 4.00. The first-order chi connectivity index (χ1) is 14.7. The van der Waals surface area contributed by atoms with E-state index in [1.165, 1.54) is 5.56 Å². The monoisotopic (exact) mass is 460 g/mol. The van der Waals surface area contributed by atoms with Crippen LogP contribution in [0.3, 0.4) is 0 Å². The lowest BCUT2D eigenvalue weighted by molar-refractivity contribution is -0.140. The van der Waals surface area contributed by atoms with Crippen molar-refractivity contribution in [3.05, 3.63) is 68.7 Å². The minimum absolute atomic E-state index is 0.0941. The zero-order chi connectivity index (χ0) is 22.5. The van der Waals surface area contributed by atoms with Gasteiger partial charge in [0.1, 0.15) is 6.04 Å². The number of nitrogens with zero attached hydrogens (tertiary/aromatic N) is 1. The number of amides is 2. The number of carbonyl (C=O) groups excluding carboxylic acids is 2. The van der Waals surface area contributed by atoms with Crippen LogP contribution in [-0.2, 0) is 22.6 Å². The van der Waals surface area contributed by atoms with Crippen LogP contribution in [0.15, 0.2) is 36.4 Å². The Kier molecular flexibility index (Phi) is 8.01. The molecule has 4 nitrogen and oxygen atoms in total. The molecule has 1 aliphatic carbocycles. The van der Waals surface area contributed by atoms with E-state index in [9.17, 15) is 9.59 Å². The molecule has 0 aromatic heterocycles. The molecule has 1 aliphatic rings. The highest BCUT2D eigenvalue weighted by Gasteiger charge is 2.28. The maximum absolute atomic E-state index is 13.3. The summed E-state index contributed by atoms with van der Waals surface area (Å²) in [5.74, 6) is -0.205. The molecule has 0 radical (unpaired) electrons. The molecule has 0 heterocycles. The number of hydrogen-bond acceptors (Lipinski definition) is 2. The Morgan fingerprint density at radius 1 is 1.00 bits per heavy atom. The Labute approximate surface area is 194 Å². The van der Waals surface area contributed by atoms with Gasteiger partial charge in [0.15, 0.2) is 0 Å². The van der Waals surface area contributed by atoms with Gasteiger partial charge >= 0.3 is 0 Å². The molecule has 1 unspecified atom stereocenters. The van der Waals surface area contributed by atoms with Crippen LogP contribution >= 0.6 is 23.2 Å². The van der Waals surface area contributed by atoms with E-state index in [1.807, 2.05) is 38.1 Å². The van der Waals surface area contributed by atoms with Crippen molar-refractivity contribution in [3.63, 3.8) is 0 Å². The summed E-state index contributed by atoms with van der Waals surface area (Å²) in [6.45, 7) is 6.17. The molecule has 1 fully saturated rings. The van der Waals surface area contributed by atoms with Crippen LogP contribution in [0.2, 0.25) is 10.0 Å². The van der Waals surface area contributed by atoms with E-state index in [0.717, 1.165) is 42.4 Å². The minimum Gasteiger partial charge on any atom is -0.352 e. The number of halogens is 2. The second kappa shape index (κ2) is 10.5. The molecule has 2 amide bonds. The van der Waals surface area contributed by atoms with Crippen LogP contribution in [0.4, 0.5) is 0 Å². The molecule has 2 aromatic rings. The first kappa shape index (κ1) is 23.6. The zero-order valence-electron chi connectivity index (χ0n) is 18.4. The Morgan fingerprint density at radius 3 is 2.32 bits per heavy atom. The molecule has 31 heavy (non-hydrogen) atoms. The second-order valence-electron chi connectivity index (χ2n) is 8.53. The van der Waals surface area contributed by atoms with Crippen LogP contribution in [-0.4, -0.2) is 28.8 Å². The van der Waals surface area contributed by atoms with Crippen LogP contribution in [0.5, 0.6) is 0 Å². The predicted octanol–water partition coefficient (Wildman–Crippen LogP) is 5.63. The third-order valence-electron chi connectivity index (χ3n) is 6.13. The first-order valence-electron chi connectivity index (χ1n) is 10.8. The van der Waals surface area contributed by atoms with E-state index < -0.39 is 6.04 Å². The van der Waals surface area contributed by atoms with Crippen LogP contribution in [0.1, 0.15) is 54.9 Å². The van der Waals surface area contributed by atoms with Gasteiger partial charge in [-0.25, -0.2) is 0 Å². The zero-order valence-corrected chi connectivity index (χ0v) is 19.9. The van der Waals surface area contributed by atoms with Crippen molar-refractivity contribution < 1.29 is 9.59 Å². The molecule has 1 atom stereocenters. The summed E-state index contributed by atoms with van der Waals surface area (Å²) in [7, 11) is 0. The van der Waals surface area contributed by atoms with Crippen molar-refractivity contribution in [1.82, 2.24) is 10.2 Å². The second-order valence-corrected chi connectivity index (χ2v) is 9.35. The molecule has 0 saturated heterocycles. The van der Waals surface area contributed by atoms with Crippen molar-refractivity contribution in [2.24, 2.45) is 0 Å². The van der Waals surface area contributed by atoms with E-state index >= 15 is 0 Å². The van der Waals surface area contributed by atoms with Gasteiger partial charge < -0.3 is 10.2 Å². The van der Waals surface area contributed by atoms with Gasteiger partial charge in [0.25, 0.3) is 0 Å². The third-order valence-corrected chi connectivity index (χ3v) is 6.87. The van der Waals surface area contributed by atoms with E-state index in [0.29, 0.717) is 16.6 Å². The minimum atomic E-state index is -0.589. The highest BCUT2D eigenvalue weighted by atomic mass is 35.5. The molecule has 3 rings (SSSR count). The molecule has 0 spiro atoms. The number of rotatable bonds is 7. The highest BCUT2D eigenvalue weighted by Crippen LogP contribution is 2.24. The molecule has 1 saturated carbocycles. The molecule has 0 aliphatic heterocycles. The summed E-state index contributed by atoms with van der Waals surface area (Å²) < 4.78 is 0. The Balaban J connectivity index is 1.80. The lowest BCUT2D eigenvalue weighted by atomic mass is 10.0. The van der Waals surface area contributed by atoms with Gasteiger partial charge in [0.05, 0.1) is 16.5 Å². The van der Waals surface area contributed by atoms with Gasteiger partial charge in [-0.15, -0.1) is 0 Å². The molecule has 2 aromatic carbocycles. The maximum Gasteiger partial charge on any atom is 0.242 e. The van der Waals surface area contributed by atoms with Gasteiger partial charge in [0, 0.05) is 12.6 Å². The summed E-state index contributed by atoms with van der Waals surface area (Å²) in [6.07, 6.45) is 4.52. The van der Waals surface area contributed by atoms with E-state index in [4.69, 9.17) is 23.2 Å². The smallest absolute Gasteiger partial charge is 0.242 e. The summed E-state index contributed by atoms with van der Waals surface area (Å²) in [6, 6.07) is 11.0. The first-order valence-corrected chi connectivity index (χ1v) is 11.6. The molecule has 166 valence electrons. The molecular formula is C25H30Cl2N2O2. The van der Waals surface area contributed by atoms with Crippen LogP contribution in [0, 0.1) is 13.8 Å². The molecule has 6 heteroatoms. The Bertz CT molecular complexity index is 955. The molecular weight excluding hydrogens is 431 g/mol. The number of nitrogens with one attached hydrogen (secondary N) is 1. The fraction of sp³-hybridized carbons (Fsp3) is 0.440. The fourth-order valence-corrected chi connectivity index (χ4v) is 4.32. The lowest BCUT2D eigenvalue weighted by Crippen LogP contribution is -2.50. The topological polar surface area (TPSA) is 49.4 Å². The van der Waals surface area contributed by atoms with Crippen molar-refractivity contribution >= 4 is 35.0 Å². The maximum atomic E-state index is 13.3. The Hall–Kier alpha value is -2.04. The van der Waals surface area contributed by atoms with E-state index in [-0.39, 0.29) is 24.3 Å². The van der Waals surface area contributed by atoms with Crippen LogP contribution < -0.4 is 5.32 Å². The van der Waals surface area contributed by atoms with Crippen molar-refractivity contribution in [1.29, 1.82) is 0 Å². The summed E-state index contributed by atoms with van der Waals surface area (Å²) in [5, 5.41) is 4.02. The standard InChI is InChI=1S/C25H30Cl2N2O2/c1-16-8-9-19(12-17(16)2)14-24(30)29(15-20-10-11-22(26)23(27)13-20)18(3)25(31)28-21-6-4-5-7-21/h8-13,18,21H,4-7,14-15H2,1-3H3,(H,28,31). The lowest BCUT2D eigenvalue weighted by Gasteiger charge is -2.30. The van der Waals surface area contributed by atoms with Gasteiger partial charge in [-0.05, 0) is 68.0 Å². The largest absolute Gasteiger partial charge is 0.352 e. The number of hydrogen-bond donors (Lipinski definition) is 1. The van der Waals surface area contributed by atoms with Gasteiger partial charge in [-0.2, -0.15) is 0 Å². The van der Waals surface area contributed by atoms with E-state index in [2.05, 4.69) is 5.32 Å². The average molecular weight is 461 g/mol. The van der Waals surface area contributed by atoms with Crippen molar-refractivity contribution in [3.8, 4) is 0 Å². The summed E-state index contributed by atoms with van der Waals surface area (Å²) >= 11 is 12.2.